The Labute approximate surface area is 96.4 Å². The van der Waals surface area contributed by atoms with Crippen molar-refractivity contribution in [2.45, 2.75) is 26.1 Å². The second-order valence-electron chi connectivity index (χ2n) is 4.49. The van der Waals surface area contributed by atoms with Crippen molar-refractivity contribution in [1.82, 2.24) is 5.32 Å². The van der Waals surface area contributed by atoms with Crippen LogP contribution in [0.2, 0.25) is 0 Å². The molecule has 1 heterocycles. The maximum absolute atomic E-state index is 9.33. The van der Waals surface area contributed by atoms with Crippen molar-refractivity contribution in [2.24, 2.45) is 5.92 Å². The zero-order valence-electron chi connectivity index (χ0n) is 9.65. The first kappa shape index (κ1) is 11.4. The lowest BCUT2D eigenvalue weighted by atomic mass is 9.97. The Kier molecular flexibility index (Phi) is 3.80. The van der Waals surface area contributed by atoms with Gasteiger partial charge in [0.2, 0.25) is 0 Å². The molecule has 2 atom stereocenters. The topological polar surface area (TPSA) is 41.5 Å². The minimum Gasteiger partial charge on any atom is -0.508 e. The predicted octanol–water partition coefficient (Wildman–Crippen LogP) is 1.91. The van der Waals surface area contributed by atoms with E-state index in [4.69, 9.17) is 4.74 Å². The van der Waals surface area contributed by atoms with Gasteiger partial charge in [-0.25, -0.2) is 0 Å². The van der Waals surface area contributed by atoms with E-state index in [1.807, 2.05) is 12.1 Å². The third kappa shape index (κ3) is 2.97. The molecule has 0 spiro atoms. The molecule has 0 aliphatic carbocycles. The normalized spacial score (nSPS) is 25.6. The van der Waals surface area contributed by atoms with Crippen LogP contribution < -0.4 is 5.32 Å². The van der Waals surface area contributed by atoms with Crippen molar-refractivity contribution in [3.05, 3.63) is 29.8 Å². The molecule has 3 nitrogen and oxygen atoms in total. The lowest BCUT2D eigenvalue weighted by molar-refractivity contribution is -0.00663. The molecule has 1 aliphatic rings. The van der Waals surface area contributed by atoms with Crippen molar-refractivity contribution in [3.63, 3.8) is 0 Å². The van der Waals surface area contributed by atoms with Gasteiger partial charge in [-0.1, -0.05) is 19.1 Å². The number of hydrogen-bond acceptors (Lipinski definition) is 3. The van der Waals surface area contributed by atoms with Gasteiger partial charge in [0.15, 0.2) is 0 Å². The summed E-state index contributed by atoms with van der Waals surface area (Å²) in [5.74, 6) is 0.912. The van der Waals surface area contributed by atoms with Gasteiger partial charge in [0.25, 0.3) is 0 Å². The number of hydrogen-bond donors (Lipinski definition) is 2. The molecule has 1 aliphatic heterocycles. The Balaban J connectivity index is 1.86. The van der Waals surface area contributed by atoms with Crippen LogP contribution in [0.4, 0.5) is 0 Å². The highest BCUT2D eigenvalue weighted by molar-refractivity contribution is 5.26. The van der Waals surface area contributed by atoms with Gasteiger partial charge in [-0.15, -0.1) is 0 Å². The summed E-state index contributed by atoms with van der Waals surface area (Å²) >= 11 is 0. The smallest absolute Gasteiger partial charge is 0.115 e. The second kappa shape index (κ2) is 5.32. The largest absolute Gasteiger partial charge is 0.508 e. The van der Waals surface area contributed by atoms with Crippen molar-refractivity contribution in [1.29, 1.82) is 0 Å². The first-order chi connectivity index (χ1) is 7.75. The third-order valence-electron chi connectivity index (χ3n) is 3.13. The van der Waals surface area contributed by atoms with Crippen LogP contribution in [0.25, 0.3) is 0 Å². The average molecular weight is 221 g/mol. The van der Waals surface area contributed by atoms with E-state index in [9.17, 15) is 5.11 Å². The molecular weight excluding hydrogens is 202 g/mol. The molecule has 0 amide bonds. The highest BCUT2D eigenvalue weighted by Gasteiger charge is 2.21. The Bertz CT molecular complexity index is 340. The van der Waals surface area contributed by atoms with Gasteiger partial charge in [0.1, 0.15) is 5.75 Å². The summed E-state index contributed by atoms with van der Waals surface area (Å²) in [5, 5.41) is 12.7. The number of rotatable bonds is 3. The number of aromatic hydroxyl groups is 1. The van der Waals surface area contributed by atoms with E-state index < -0.39 is 0 Å². The van der Waals surface area contributed by atoms with E-state index in [0.717, 1.165) is 18.7 Å². The van der Waals surface area contributed by atoms with E-state index in [2.05, 4.69) is 12.2 Å². The van der Waals surface area contributed by atoms with E-state index >= 15 is 0 Å². The SMILES string of the molecule is CC1CCNCC1OCc1cccc(O)c1. The lowest BCUT2D eigenvalue weighted by Crippen LogP contribution is -2.40. The average Bonchev–Trinajstić information content (AvgIpc) is 2.28. The number of nitrogens with one attached hydrogen (secondary N) is 1. The summed E-state index contributed by atoms with van der Waals surface area (Å²) in [4.78, 5) is 0. The molecule has 0 saturated carbocycles. The molecule has 2 N–H and O–H groups in total. The van der Waals surface area contributed by atoms with E-state index in [-0.39, 0.29) is 6.10 Å². The Morgan fingerprint density at radius 2 is 2.38 bits per heavy atom. The zero-order chi connectivity index (χ0) is 11.4. The summed E-state index contributed by atoms with van der Waals surface area (Å²) in [6, 6.07) is 7.24. The fraction of sp³-hybridized carbons (Fsp3) is 0.538. The Hall–Kier alpha value is -1.06. The summed E-state index contributed by atoms with van der Waals surface area (Å²) in [7, 11) is 0. The van der Waals surface area contributed by atoms with Gasteiger partial charge < -0.3 is 15.2 Å². The van der Waals surface area contributed by atoms with Crippen LogP contribution in [0.1, 0.15) is 18.9 Å². The molecule has 1 saturated heterocycles. The lowest BCUT2D eigenvalue weighted by Gasteiger charge is -2.29. The molecule has 0 aromatic heterocycles. The highest BCUT2D eigenvalue weighted by Crippen LogP contribution is 2.18. The first-order valence-electron chi connectivity index (χ1n) is 5.86. The van der Waals surface area contributed by atoms with Gasteiger partial charge in [0, 0.05) is 6.54 Å². The second-order valence-corrected chi connectivity index (χ2v) is 4.49. The summed E-state index contributed by atoms with van der Waals surface area (Å²) in [5.41, 5.74) is 1.03. The molecule has 88 valence electrons. The van der Waals surface area contributed by atoms with Crippen molar-refractivity contribution in [2.75, 3.05) is 13.1 Å². The van der Waals surface area contributed by atoms with E-state index in [0.29, 0.717) is 18.3 Å². The highest BCUT2D eigenvalue weighted by atomic mass is 16.5. The summed E-state index contributed by atoms with van der Waals surface area (Å²) < 4.78 is 5.86. The molecule has 3 heteroatoms. The Morgan fingerprint density at radius 3 is 3.12 bits per heavy atom. The molecule has 1 aromatic rings. The standard InChI is InChI=1S/C13H19NO2/c1-10-5-6-14-8-13(10)16-9-11-3-2-4-12(15)7-11/h2-4,7,10,13-15H,5-6,8-9H2,1H3. The molecule has 2 unspecified atom stereocenters. The number of piperidine rings is 1. The van der Waals surface area contributed by atoms with E-state index in [1.54, 1.807) is 12.1 Å². The number of benzene rings is 1. The fourth-order valence-corrected chi connectivity index (χ4v) is 2.03. The van der Waals surface area contributed by atoms with Gasteiger partial charge in [-0.3, -0.25) is 0 Å². The molecule has 16 heavy (non-hydrogen) atoms. The van der Waals surface area contributed by atoms with Crippen LogP contribution in [-0.2, 0) is 11.3 Å². The first-order valence-corrected chi connectivity index (χ1v) is 5.86. The van der Waals surface area contributed by atoms with Crippen molar-refractivity contribution < 1.29 is 9.84 Å². The minimum absolute atomic E-state index is 0.288. The summed E-state index contributed by atoms with van der Waals surface area (Å²) in [6.45, 7) is 4.83. The maximum atomic E-state index is 9.33. The van der Waals surface area contributed by atoms with Crippen LogP contribution >= 0.6 is 0 Å². The van der Waals surface area contributed by atoms with Crippen molar-refractivity contribution >= 4 is 0 Å². The molecular formula is C13H19NO2. The number of phenols is 1. The minimum atomic E-state index is 0.288. The molecule has 1 fully saturated rings. The summed E-state index contributed by atoms with van der Waals surface area (Å²) in [6.07, 6.45) is 1.46. The quantitative estimate of drug-likeness (QED) is 0.819. The van der Waals surface area contributed by atoms with Gasteiger partial charge in [-0.05, 0) is 36.6 Å². The van der Waals surface area contributed by atoms with Gasteiger partial charge in [0.05, 0.1) is 12.7 Å². The molecule has 0 bridgehead atoms. The van der Waals surface area contributed by atoms with E-state index in [1.165, 1.54) is 6.42 Å². The zero-order valence-corrected chi connectivity index (χ0v) is 9.65. The number of phenolic OH excluding ortho intramolecular Hbond substituents is 1. The van der Waals surface area contributed by atoms with Crippen LogP contribution in [0, 0.1) is 5.92 Å². The Morgan fingerprint density at radius 1 is 1.50 bits per heavy atom. The molecule has 0 radical (unpaired) electrons. The number of ether oxygens (including phenoxy) is 1. The predicted molar refractivity (Wildman–Crippen MR) is 63.3 cm³/mol. The third-order valence-corrected chi connectivity index (χ3v) is 3.13. The van der Waals surface area contributed by atoms with Crippen LogP contribution in [0.5, 0.6) is 5.75 Å². The van der Waals surface area contributed by atoms with Gasteiger partial charge in [-0.2, -0.15) is 0 Å². The fourth-order valence-electron chi connectivity index (χ4n) is 2.03. The molecule has 1 aromatic carbocycles. The monoisotopic (exact) mass is 221 g/mol. The van der Waals surface area contributed by atoms with Crippen LogP contribution in [0.15, 0.2) is 24.3 Å². The van der Waals surface area contributed by atoms with Crippen molar-refractivity contribution in [3.8, 4) is 5.75 Å². The maximum Gasteiger partial charge on any atom is 0.115 e. The van der Waals surface area contributed by atoms with Crippen LogP contribution in [-0.4, -0.2) is 24.3 Å². The van der Waals surface area contributed by atoms with Crippen LogP contribution in [0.3, 0.4) is 0 Å². The van der Waals surface area contributed by atoms with Gasteiger partial charge >= 0.3 is 0 Å². The molecule has 2 rings (SSSR count).